The van der Waals surface area contributed by atoms with E-state index >= 15 is 0 Å². The fourth-order valence-electron chi connectivity index (χ4n) is 5.09. The molecule has 0 spiro atoms. The molecule has 0 saturated carbocycles. The van der Waals surface area contributed by atoms with E-state index in [0.717, 1.165) is 62.3 Å². The first kappa shape index (κ1) is 26.0. The number of amides is 2. The van der Waals surface area contributed by atoms with Gasteiger partial charge in [0.25, 0.3) is 11.8 Å². The Balaban J connectivity index is 1.17. The van der Waals surface area contributed by atoms with Crippen molar-refractivity contribution in [3.63, 3.8) is 0 Å². The van der Waals surface area contributed by atoms with Gasteiger partial charge in [-0.25, -0.2) is 0 Å². The molecule has 4 aromatic carbocycles. The molecule has 4 aromatic rings. The molecule has 6 nitrogen and oxygen atoms in total. The van der Waals surface area contributed by atoms with Gasteiger partial charge in [-0.05, 0) is 127 Å². The van der Waals surface area contributed by atoms with Crippen LogP contribution in [0.25, 0.3) is 11.1 Å². The lowest BCUT2D eigenvalue weighted by molar-refractivity contribution is -0.118. The molecule has 0 saturated heterocycles. The molecule has 0 radical (unpaired) electrons. The van der Waals surface area contributed by atoms with Crippen LogP contribution in [0, 0.1) is 27.7 Å². The molecule has 0 unspecified atom stereocenters. The lowest BCUT2D eigenvalue weighted by atomic mass is 10.0. The summed E-state index contributed by atoms with van der Waals surface area (Å²) in [5.74, 6) is 0.953. The molecule has 0 heterocycles. The molecular formula is C33H32N2O4. The van der Waals surface area contributed by atoms with Crippen LogP contribution in [0.2, 0.25) is 0 Å². The topological polar surface area (TPSA) is 76.7 Å². The number of rotatable bonds is 8. The zero-order valence-corrected chi connectivity index (χ0v) is 22.7. The average molecular weight is 521 g/mol. The van der Waals surface area contributed by atoms with Crippen molar-refractivity contribution in [1.82, 2.24) is 0 Å². The minimum atomic E-state index is -0.210. The Morgan fingerprint density at radius 2 is 0.974 bits per heavy atom. The lowest BCUT2D eigenvalue weighted by Crippen LogP contribution is -2.20. The number of nitrogens with one attached hydrogen (secondary N) is 2. The summed E-state index contributed by atoms with van der Waals surface area (Å²) in [6.07, 6.45) is 0.718. The van der Waals surface area contributed by atoms with Crippen molar-refractivity contribution in [3.05, 3.63) is 106 Å². The van der Waals surface area contributed by atoms with Gasteiger partial charge in [0, 0.05) is 11.4 Å². The third-order valence-electron chi connectivity index (χ3n) is 6.58. The third-order valence-corrected chi connectivity index (χ3v) is 6.58. The van der Waals surface area contributed by atoms with E-state index in [-0.39, 0.29) is 25.0 Å². The van der Waals surface area contributed by atoms with Crippen molar-refractivity contribution in [1.29, 1.82) is 0 Å². The molecule has 0 bridgehead atoms. The number of carbonyl (C=O) groups is 2. The van der Waals surface area contributed by atoms with Gasteiger partial charge in [0.15, 0.2) is 13.2 Å². The largest absolute Gasteiger partial charge is 0.484 e. The van der Waals surface area contributed by atoms with Crippen molar-refractivity contribution in [2.75, 3.05) is 23.8 Å². The van der Waals surface area contributed by atoms with Gasteiger partial charge in [-0.1, -0.05) is 24.3 Å². The van der Waals surface area contributed by atoms with Crippen molar-refractivity contribution < 1.29 is 19.1 Å². The Kier molecular flexibility index (Phi) is 7.37. The van der Waals surface area contributed by atoms with E-state index in [1.165, 1.54) is 0 Å². The number of hydrogen-bond donors (Lipinski definition) is 2. The van der Waals surface area contributed by atoms with Crippen LogP contribution in [-0.4, -0.2) is 25.0 Å². The molecule has 39 heavy (non-hydrogen) atoms. The fourth-order valence-corrected chi connectivity index (χ4v) is 5.09. The number of hydrogen-bond acceptors (Lipinski definition) is 4. The maximum Gasteiger partial charge on any atom is 0.262 e. The fraction of sp³-hybridized carbons (Fsp3) is 0.212. The van der Waals surface area contributed by atoms with Crippen molar-refractivity contribution in [2.24, 2.45) is 0 Å². The second-order valence-electron chi connectivity index (χ2n) is 10.2. The highest BCUT2D eigenvalue weighted by atomic mass is 16.5. The number of aryl methyl sites for hydroxylation is 4. The first-order valence-corrected chi connectivity index (χ1v) is 13.0. The van der Waals surface area contributed by atoms with Crippen LogP contribution >= 0.6 is 0 Å². The summed E-state index contributed by atoms with van der Waals surface area (Å²) >= 11 is 0. The van der Waals surface area contributed by atoms with Gasteiger partial charge < -0.3 is 20.1 Å². The van der Waals surface area contributed by atoms with Crippen LogP contribution in [0.4, 0.5) is 11.4 Å². The summed E-state index contributed by atoms with van der Waals surface area (Å²) in [4.78, 5) is 25.0. The summed E-state index contributed by atoms with van der Waals surface area (Å²) in [6, 6.07) is 23.7. The third kappa shape index (κ3) is 6.47. The van der Waals surface area contributed by atoms with Crippen LogP contribution in [0.5, 0.6) is 11.5 Å². The van der Waals surface area contributed by atoms with Crippen LogP contribution in [0.15, 0.2) is 72.8 Å². The molecule has 0 fully saturated rings. The van der Waals surface area contributed by atoms with Crippen LogP contribution in [0.1, 0.15) is 33.4 Å². The highest BCUT2D eigenvalue weighted by Gasteiger charge is 2.20. The number of fused-ring (bicyclic) bond motifs is 3. The molecule has 1 aliphatic rings. The SMILES string of the molecule is Cc1cc(C)cc(OCC(=O)Nc2ccc3c(c2)Cc2cc(NC(=O)COc4cc(C)cc(C)c4)ccc2-3)c1. The Bertz CT molecular complexity index is 1420. The van der Waals surface area contributed by atoms with Crippen molar-refractivity contribution in [3.8, 4) is 22.6 Å². The van der Waals surface area contributed by atoms with E-state index in [4.69, 9.17) is 9.47 Å². The van der Waals surface area contributed by atoms with E-state index in [1.54, 1.807) is 0 Å². The second-order valence-corrected chi connectivity index (χ2v) is 10.2. The van der Waals surface area contributed by atoms with Crippen LogP contribution < -0.4 is 20.1 Å². The number of ether oxygens (including phenoxy) is 2. The highest BCUT2D eigenvalue weighted by Crippen LogP contribution is 2.39. The molecule has 0 aromatic heterocycles. The van der Waals surface area contributed by atoms with Crippen molar-refractivity contribution >= 4 is 23.2 Å². The number of benzene rings is 4. The van der Waals surface area contributed by atoms with E-state index in [0.29, 0.717) is 11.5 Å². The minimum Gasteiger partial charge on any atom is -0.484 e. The molecule has 2 amide bonds. The quantitative estimate of drug-likeness (QED) is 0.244. The molecule has 1 aliphatic carbocycles. The van der Waals surface area contributed by atoms with E-state index < -0.39 is 0 Å². The smallest absolute Gasteiger partial charge is 0.262 e. The molecule has 6 heteroatoms. The maximum atomic E-state index is 12.5. The Labute approximate surface area is 229 Å². The minimum absolute atomic E-state index is 0.0591. The van der Waals surface area contributed by atoms with Gasteiger partial charge in [-0.15, -0.1) is 0 Å². The van der Waals surface area contributed by atoms with E-state index in [2.05, 4.69) is 22.8 Å². The number of anilines is 2. The molecule has 198 valence electrons. The lowest BCUT2D eigenvalue weighted by Gasteiger charge is -2.10. The Morgan fingerprint density at radius 3 is 1.36 bits per heavy atom. The zero-order chi connectivity index (χ0) is 27.5. The standard InChI is InChI=1S/C33H32N2O4/c1-20-9-21(2)12-28(11-20)38-18-32(36)34-26-5-7-30-24(16-26)15-25-17-27(6-8-31(25)30)35-33(37)19-39-29-13-22(3)10-23(4)14-29/h5-14,16-17H,15,18-19H2,1-4H3,(H,34,36)(H,35,37). The maximum absolute atomic E-state index is 12.5. The molecule has 2 N–H and O–H groups in total. The predicted octanol–water partition coefficient (Wildman–Crippen LogP) is 6.53. The van der Waals surface area contributed by atoms with Gasteiger partial charge in [-0.3, -0.25) is 9.59 Å². The molecule has 0 aliphatic heterocycles. The Morgan fingerprint density at radius 1 is 0.590 bits per heavy atom. The monoisotopic (exact) mass is 520 g/mol. The number of carbonyl (C=O) groups excluding carboxylic acids is 2. The van der Waals surface area contributed by atoms with E-state index in [9.17, 15) is 9.59 Å². The first-order valence-electron chi connectivity index (χ1n) is 13.0. The Hall–Kier alpha value is -4.58. The van der Waals surface area contributed by atoms with Crippen molar-refractivity contribution in [2.45, 2.75) is 34.1 Å². The first-order chi connectivity index (χ1) is 18.7. The normalized spacial score (nSPS) is 11.4. The summed E-state index contributed by atoms with van der Waals surface area (Å²) in [7, 11) is 0. The van der Waals surface area contributed by atoms with Crippen LogP contribution in [-0.2, 0) is 16.0 Å². The van der Waals surface area contributed by atoms with E-state index in [1.807, 2.05) is 88.4 Å². The van der Waals surface area contributed by atoms with Crippen LogP contribution in [0.3, 0.4) is 0 Å². The van der Waals surface area contributed by atoms with Gasteiger partial charge >= 0.3 is 0 Å². The second kappa shape index (κ2) is 11.0. The summed E-state index contributed by atoms with van der Waals surface area (Å²) in [6.45, 7) is 7.89. The van der Waals surface area contributed by atoms with Gasteiger partial charge in [0.2, 0.25) is 0 Å². The highest BCUT2D eigenvalue weighted by molar-refractivity contribution is 5.94. The zero-order valence-electron chi connectivity index (χ0n) is 22.7. The summed E-state index contributed by atoms with van der Waals surface area (Å²) < 4.78 is 11.4. The van der Waals surface area contributed by atoms with Gasteiger partial charge in [0.1, 0.15) is 11.5 Å². The molecule has 5 rings (SSSR count). The predicted molar refractivity (Wildman–Crippen MR) is 155 cm³/mol. The summed E-state index contributed by atoms with van der Waals surface area (Å²) in [5.41, 5.74) is 10.3. The molecule has 0 atom stereocenters. The summed E-state index contributed by atoms with van der Waals surface area (Å²) in [5, 5.41) is 5.87. The molecular weight excluding hydrogens is 488 g/mol. The average Bonchev–Trinajstić information content (AvgIpc) is 3.22. The van der Waals surface area contributed by atoms with Gasteiger partial charge in [0.05, 0.1) is 0 Å². The van der Waals surface area contributed by atoms with Gasteiger partial charge in [-0.2, -0.15) is 0 Å².